The zero-order valence-corrected chi connectivity index (χ0v) is 12.1. The summed E-state index contributed by atoms with van der Waals surface area (Å²) in [6, 6.07) is 13.5. The monoisotopic (exact) mass is 304 g/mol. The van der Waals surface area contributed by atoms with Crippen LogP contribution in [0.2, 0.25) is 0 Å². The third-order valence-corrected chi connectivity index (χ3v) is 4.30. The Kier molecular flexibility index (Phi) is 3.27. The second kappa shape index (κ2) is 4.90. The van der Waals surface area contributed by atoms with Gasteiger partial charge >= 0.3 is 0 Å². The van der Waals surface area contributed by atoms with E-state index in [4.69, 9.17) is 0 Å². The molecule has 0 saturated carbocycles. The predicted molar refractivity (Wildman–Crippen MR) is 77.4 cm³/mol. The summed E-state index contributed by atoms with van der Waals surface area (Å²) in [5.41, 5.74) is 2.81. The van der Waals surface area contributed by atoms with E-state index < -0.39 is 0 Å². The molecule has 0 spiro atoms. The minimum Gasteiger partial charge on any atom is -0.349 e. The molecule has 94 valence electrons. The molecule has 0 amide bonds. The SMILES string of the molecule is CC1c2cccn2CCN1Cc1ccc(Br)cc1. The summed E-state index contributed by atoms with van der Waals surface area (Å²) in [5, 5.41) is 0. The van der Waals surface area contributed by atoms with Gasteiger partial charge in [-0.05, 0) is 36.8 Å². The lowest BCUT2D eigenvalue weighted by Crippen LogP contribution is -2.35. The average molecular weight is 305 g/mol. The molecule has 1 aliphatic rings. The van der Waals surface area contributed by atoms with Crippen molar-refractivity contribution in [3.63, 3.8) is 0 Å². The normalized spacial score (nSPS) is 19.8. The van der Waals surface area contributed by atoms with Gasteiger partial charge in [-0.3, -0.25) is 4.90 Å². The van der Waals surface area contributed by atoms with Gasteiger partial charge in [0.2, 0.25) is 0 Å². The summed E-state index contributed by atoms with van der Waals surface area (Å²) in [4.78, 5) is 2.54. The quantitative estimate of drug-likeness (QED) is 0.818. The molecular formula is C15H17BrN2. The van der Waals surface area contributed by atoms with Gasteiger partial charge in [0, 0.05) is 42.0 Å². The summed E-state index contributed by atoms with van der Waals surface area (Å²) in [5.74, 6) is 0. The molecule has 2 aromatic rings. The van der Waals surface area contributed by atoms with Gasteiger partial charge in [-0.2, -0.15) is 0 Å². The van der Waals surface area contributed by atoms with Crippen molar-refractivity contribution in [2.45, 2.75) is 26.1 Å². The van der Waals surface area contributed by atoms with E-state index in [1.54, 1.807) is 0 Å². The molecule has 1 unspecified atom stereocenters. The van der Waals surface area contributed by atoms with E-state index in [2.05, 4.69) is 74.9 Å². The lowest BCUT2D eigenvalue weighted by Gasteiger charge is -2.34. The highest BCUT2D eigenvalue weighted by Gasteiger charge is 2.22. The Balaban J connectivity index is 1.77. The van der Waals surface area contributed by atoms with Crippen molar-refractivity contribution in [2.24, 2.45) is 0 Å². The van der Waals surface area contributed by atoms with E-state index in [-0.39, 0.29) is 0 Å². The van der Waals surface area contributed by atoms with Crippen LogP contribution in [0.4, 0.5) is 0 Å². The standard InChI is InChI=1S/C15H17BrN2/c1-12-15-3-2-8-17(15)9-10-18(12)11-13-4-6-14(16)7-5-13/h2-8,12H,9-11H2,1H3. The van der Waals surface area contributed by atoms with Gasteiger partial charge in [-0.1, -0.05) is 28.1 Å². The van der Waals surface area contributed by atoms with Crippen LogP contribution in [-0.4, -0.2) is 16.0 Å². The van der Waals surface area contributed by atoms with Crippen LogP contribution in [0.15, 0.2) is 47.1 Å². The van der Waals surface area contributed by atoms with E-state index in [9.17, 15) is 0 Å². The highest BCUT2D eigenvalue weighted by atomic mass is 79.9. The topological polar surface area (TPSA) is 8.17 Å². The fraction of sp³-hybridized carbons (Fsp3) is 0.333. The van der Waals surface area contributed by atoms with Crippen molar-refractivity contribution < 1.29 is 0 Å². The molecule has 0 radical (unpaired) electrons. The molecule has 18 heavy (non-hydrogen) atoms. The molecule has 2 heterocycles. The van der Waals surface area contributed by atoms with Crippen molar-refractivity contribution in [3.8, 4) is 0 Å². The second-order valence-corrected chi connectivity index (χ2v) is 5.82. The maximum absolute atomic E-state index is 3.48. The van der Waals surface area contributed by atoms with Crippen LogP contribution in [0.25, 0.3) is 0 Å². The number of rotatable bonds is 2. The van der Waals surface area contributed by atoms with Crippen LogP contribution < -0.4 is 0 Å². The Hall–Kier alpha value is -1.06. The van der Waals surface area contributed by atoms with Crippen LogP contribution in [0.5, 0.6) is 0 Å². The Morgan fingerprint density at radius 1 is 1.17 bits per heavy atom. The molecule has 0 fully saturated rings. The van der Waals surface area contributed by atoms with Gasteiger partial charge in [0.1, 0.15) is 0 Å². The molecule has 3 heteroatoms. The number of halogens is 1. The van der Waals surface area contributed by atoms with E-state index >= 15 is 0 Å². The van der Waals surface area contributed by atoms with Gasteiger partial charge in [-0.25, -0.2) is 0 Å². The van der Waals surface area contributed by atoms with Gasteiger partial charge in [-0.15, -0.1) is 0 Å². The molecule has 0 saturated heterocycles. The van der Waals surface area contributed by atoms with Crippen LogP contribution in [-0.2, 0) is 13.1 Å². The Labute approximate surface area is 116 Å². The number of fused-ring (bicyclic) bond motifs is 1. The van der Waals surface area contributed by atoms with Crippen LogP contribution in [0.3, 0.4) is 0 Å². The Morgan fingerprint density at radius 2 is 1.94 bits per heavy atom. The van der Waals surface area contributed by atoms with Crippen molar-refractivity contribution >= 4 is 15.9 Å². The maximum Gasteiger partial charge on any atom is 0.0476 e. The van der Waals surface area contributed by atoms with Gasteiger partial charge in [0.15, 0.2) is 0 Å². The van der Waals surface area contributed by atoms with Crippen molar-refractivity contribution in [1.82, 2.24) is 9.47 Å². The average Bonchev–Trinajstić information content (AvgIpc) is 2.84. The van der Waals surface area contributed by atoms with E-state index in [1.165, 1.54) is 11.3 Å². The number of hydrogen-bond donors (Lipinski definition) is 0. The Morgan fingerprint density at radius 3 is 2.72 bits per heavy atom. The second-order valence-electron chi connectivity index (χ2n) is 4.90. The lowest BCUT2D eigenvalue weighted by molar-refractivity contribution is 0.161. The highest BCUT2D eigenvalue weighted by Crippen LogP contribution is 2.27. The zero-order valence-electron chi connectivity index (χ0n) is 10.5. The summed E-state index contributed by atoms with van der Waals surface area (Å²) < 4.78 is 3.51. The first-order valence-electron chi connectivity index (χ1n) is 6.37. The molecular weight excluding hydrogens is 288 g/mol. The third kappa shape index (κ3) is 2.25. The largest absolute Gasteiger partial charge is 0.349 e. The first-order chi connectivity index (χ1) is 8.74. The van der Waals surface area contributed by atoms with Crippen LogP contribution in [0, 0.1) is 0 Å². The minimum atomic E-state index is 0.498. The lowest BCUT2D eigenvalue weighted by atomic mass is 10.1. The van der Waals surface area contributed by atoms with Crippen molar-refractivity contribution in [1.29, 1.82) is 0 Å². The predicted octanol–water partition coefficient (Wildman–Crippen LogP) is 3.83. The molecule has 0 aliphatic carbocycles. The van der Waals surface area contributed by atoms with Gasteiger partial charge in [0.25, 0.3) is 0 Å². The molecule has 1 aliphatic heterocycles. The smallest absolute Gasteiger partial charge is 0.0476 e. The molecule has 1 aromatic heterocycles. The number of benzene rings is 1. The highest BCUT2D eigenvalue weighted by molar-refractivity contribution is 9.10. The molecule has 0 N–H and O–H groups in total. The summed E-state index contributed by atoms with van der Waals surface area (Å²) in [6.07, 6.45) is 2.18. The molecule has 0 bridgehead atoms. The van der Waals surface area contributed by atoms with Crippen LogP contribution >= 0.6 is 15.9 Å². The number of aromatic nitrogens is 1. The molecule has 2 nitrogen and oxygen atoms in total. The van der Waals surface area contributed by atoms with Crippen LogP contribution in [0.1, 0.15) is 24.2 Å². The third-order valence-electron chi connectivity index (χ3n) is 3.77. The minimum absolute atomic E-state index is 0.498. The van der Waals surface area contributed by atoms with Crippen molar-refractivity contribution in [2.75, 3.05) is 6.54 Å². The van der Waals surface area contributed by atoms with E-state index in [0.29, 0.717) is 6.04 Å². The number of hydrogen-bond acceptors (Lipinski definition) is 1. The van der Waals surface area contributed by atoms with Crippen molar-refractivity contribution in [3.05, 3.63) is 58.3 Å². The molecule has 1 aromatic carbocycles. The zero-order chi connectivity index (χ0) is 12.5. The fourth-order valence-electron chi connectivity index (χ4n) is 2.67. The van der Waals surface area contributed by atoms with E-state index in [0.717, 1.165) is 24.1 Å². The fourth-order valence-corrected chi connectivity index (χ4v) is 2.93. The van der Waals surface area contributed by atoms with Gasteiger partial charge in [0.05, 0.1) is 0 Å². The maximum atomic E-state index is 3.48. The Bertz CT molecular complexity index is 530. The summed E-state index contributed by atoms with van der Waals surface area (Å²) in [6.45, 7) is 5.55. The first kappa shape index (κ1) is 12.0. The first-order valence-corrected chi connectivity index (χ1v) is 7.17. The van der Waals surface area contributed by atoms with E-state index in [1.807, 2.05) is 0 Å². The number of nitrogens with zero attached hydrogens (tertiary/aromatic N) is 2. The summed E-state index contributed by atoms with van der Waals surface area (Å²) in [7, 11) is 0. The molecule has 3 rings (SSSR count). The summed E-state index contributed by atoms with van der Waals surface area (Å²) >= 11 is 3.48. The molecule has 1 atom stereocenters. The van der Waals surface area contributed by atoms with Gasteiger partial charge < -0.3 is 4.57 Å².